The van der Waals surface area contributed by atoms with E-state index in [4.69, 9.17) is 10.8 Å². The number of benzene rings is 1. The van der Waals surface area contributed by atoms with Gasteiger partial charge in [-0.15, -0.1) is 0 Å². The lowest BCUT2D eigenvalue weighted by Crippen LogP contribution is -2.20. The summed E-state index contributed by atoms with van der Waals surface area (Å²) in [6.45, 7) is 1.83. The second-order valence-corrected chi connectivity index (χ2v) is 4.14. The molecule has 0 heterocycles. The Balaban J connectivity index is 3.22. The van der Waals surface area contributed by atoms with Crippen molar-refractivity contribution in [3.63, 3.8) is 0 Å². The van der Waals surface area contributed by atoms with E-state index < -0.39 is 12.0 Å². The molecule has 0 radical (unpaired) electrons. The Labute approximate surface area is 94.9 Å². The van der Waals surface area contributed by atoms with E-state index in [0.717, 1.165) is 9.13 Å². The lowest BCUT2D eigenvalue weighted by Gasteiger charge is -2.10. The van der Waals surface area contributed by atoms with Gasteiger partial charge in [0.15, 0.2) is 0 Å². The van der Waals surface area contributed by atoms with Crippen LogP contribution < -0.4 is 5.73 Å². The quantitative estimate of drug-likeness (QED) is 0.721. The third kappa shape index (κ3) is 2.16. The van der Waals surface area contributed by atoms with Crippen LogP contribution in [0.5, 0.6) is 5.75 Å². The van der Waals surface area contributed by atoms with E-state index in [1.165, 1.54) is 6.07 Å². The number of rotatable bonds is 2. The van der Waals surface area contributed by atoms with Crippen molar-refractivity contribution < 1.29 is 15.0 Å². The van der Waals surface area contributed by atoms with Crippen LogP contribution in [0.1, 0.15) is 17.2 Å². The predicted molar refractivity (Wildman–Crippen MR) is 60.1 cm³/mol. The molecule has 0 amide bonds. The van der Waals surface area contributed by atoms with E-state index in [2.05, 4.69) is 22.6 Å². The first kappa shape index (κ1) is 11.3. The van der Waals surface area contributed by atoms with Gasteiger partial charge in [0.1, 0.15) is 11.8 Å². The first-order chi connectivity index (χ1) is 6.43. The van der Waals surface area contributed by atoms with Gasteiger partial charge in [-0.1, -0.05) is 0 Å². The zero-order valence-corrected chi connectivity index (χ0v) is 9.65. The Bertz CT molecular complexity index is 379. The summed E-state index contributed by atoms with van der Waals surface area (Å²) in [5.41, 5.74) is 6.53. The average molecular weight is 307 g/mol. The number of carbonyl (C=O) groups is 1. The topological polar surface area (TPSA) is 83.5 Å². The monoisotopic (exact) mass is 307 g/mol. The van der Waals surface area contributed by atoms with Crippen molar-refractivity contribution in [1.82, 2.24) is 0 Å². The van der Waals surface area contributed by atoms with Crippen LogP contribution in [0.25, 0.3) is 0 Å². The summed E-state index contributed by atoms with van der Waals surface area (Å²) in [5, 5.41) is 18.2. The largest absolute Gasteiger partial charge is 0.508 e. The van der Waals surface area contributed by atoms with Gasteiger partial charge in [0.05, 0.1) is 0 Å². The van der Waals surface area contributed by atoms with Gasteiger partial charge in [-0.05, 0) is 47.2 Å². The van der Waals surface area contributed by atoms with Gasteiger partial charge in [-0.25, -0.2) is 0 Å². The van der Waals surface area contributed by atoms with Gasteiger partial charge in [0.25, 0.3) is 0 Å². The number of phenolic OH excluding ortho intramolecular Hbond substituents is 1. The molecular weight excluding hydrogens is 297 g/mol. The fourth-order valence-electron chi connectivity index (χ4n) is 1.06. The molecule has 1 atom stereocenters. The first-order valence-corrected chi connectivity index (χ1v) is 4.98. The number of aliphatic carboxylic acids is 1. The van der Waals surface area contributed by atoms with Gasteiger partial charge < -0.3 is 15.9 Å². The van der Waals surface area contributed by atoms with Crippen LogP contribution in [-0.2, 0) is 4.79 Å². The molecule has 4 nitrogen and oxygen atoms in total. The van der Waals surface area contributed by atoms with Crippen LogP contribution in [0.2, 0.25) is 0 Å². The maximum atomic E-state index is 10.6. The molecule has 0 aliphatic heterocycles. The second-order valence-electron chi connectivity index (χ2n) is 2.98. The lowest BCUT2D eigenvalue weighted by molar-refractivity contribution is -0.138. The third-order valence-electron chi connectivity index (χ3n) is 1.91. The van der Waals surface area contributed by atoms with Crippen LogP contribution in [0.3, 0.4) is 0 Å². The Kier molecular flexibility index (Phi) is 3.33. The summed E-state index contributed by atoms with van der Waals surface area (Å²) < 4.78 is 0.882. The van der Waals surface area contributed by atoms with Crippen LogP contribution in [-0.4, -0.2) is 16.2 Å². The van der Waals surface area contributed by atoms with Crippen LogP contribution in [0, 0.1) is 10.5 Å². The minimum Gasteiger partial charge on any atom is -0.508 e. The molecule has 1 rings (SSSR count). The van der Waals surface area contributed by atoms with Crippen molar-refractivity contribution in [2.75, 3.05) is 0 Å². The number of carboxylic acids is 1. The summed E-state index contributed by atoms with van der Waals surface area (Å²) in [4.78, 5) is 10.6. The zero-order chi connectivity index (χ0) is 10.9. The van der Waals surface area contributed by atoms with Crippen molar-refractivity contribution >= 4 is 28.6 Å². The lowest BCUT2D eigenvalue weighted by atomic mass is 10.0. The molecule has 14 heavy (non-hydrogen) atoms. The maximum absolute atomic E-state index is 10.6. The molecule has 0 saturated heterocycles. The van der Waals surface area contributed by atoms with E-state index >= 15 is 0 Å². The number of hydrogen-bond donors (Lipinski definition) is 3. The Morgan fingerprint density at radius 1 is 1.57 bits per heavy atom. The summed E-state index contributed by atoms with van der Waals surface area (Å²) >= 11 is 2.06. The molecule has 0 bridgehead atoms. The number of nitrogens with two attached hydrogens (primary N) is 1. The Morgan fingerprint density at radius 3 is 2.64 bits per heavy atom. The molecule has 0 saturated carbocycles. The van der Waals surface area contributed by atoms with Crippen molar-refractivity contribution in [3.05, 3.63) is 26.8 Å². The fraction of sp³-hybridized carbons (Fsp3) is 0.222. The average Bonchev–Trinajstić information content (AvgIpc) is 2.10. The molecule has 0 aliphatic rings. The normalized spacial score (nSPS) is 12.5. The molecule has 5 heteroatoms. The third-order valence-corrected chi connectivity index (χ3v) is 3.07. The second kappa shape index (κ2) is 4.14. The van der Waals surface area contributed by atoms with E-state index in [9.17, 15) is 9.90 Å². The number of hydrogen-bond acceptors (Lipinski definition) is 3. The summed E-state index contributed by atoms with van der Waals surface area (Å²) in [5.74, 6) is -1.22. The van der Waals surface area contributed by atoms with Crippen molar-refractivity contribution in [2.24, 2.45) is 5.73 Å². The number of halogens is 1. The van der Waals surface area contributed by atoms with Gasteiger partial charge in [0, 0.05) is 9.13 Å². The number of phenols is 1. The molecule has 0 spiro atoms. The molecule has 4 N–H and O–H groups in total. The van der Waals surface area contributed by atoms with Crippen molar-refractivity contribution in [1.29, 1.82) is 0 Å². The van der Waals surface area contributed by atoms with Crippen LogP contribution in [0.15, 0.2) is 12.1 Å². The highest BCUT2D eigenvalue weighted by atomic mass is 127. The van der Waals surface area contributed by atoms with Gasteiger partial charge in [-0.2, -0.15) is 0 Å². The molecule has 1 aromatic rings. The Hall–Kier alpha value is -0.820. The highest BCUT2D eigenvalue weighted by Crippen LogP contribution is 2.27. The number of carboxylic acid groups (broad SMARTS) is 1. The molecule has 0 fully saturated rings. The zero-order valence-electron chi connectivity index (χ0n) is 7.49. The van der Waals surface area contributed by atoms with E-state index in [1.54, 1.807) is 6.07 Å². The van der Waals surface area contributed by atoms with Gasteiger partial charge in [0.2, 0.25) is 0 Å². The minimum atomic E-state index is -1.18. The standard InChI is InChI=1S/C9H10INO3/c1-4-2-7(12)5(3-6(4)10)8(11)9(13)14/h2-3,8,12H,11H2,1H3,(H,13,14)/t8-/m0/s1. The van der Waals surface area contributed by atoms with E-state index in [1.807, 2.05) is 6.92 Å². The highest BCUT2D eigenvalue weighted by Gasteiger charge is 2.18. The van der Waals surface area contributed by atoms with E-state index in [0.29, 0.717) is 0 Å². The summed E-state index contributed by atoms with van der Waals surface area (Å²) in [6.07, 6.45) is 0. The fourth-order valence-corrected chi connectivity index (χ4v) is 1.55. The smallest absolute Gasteiger partial charge is 0.325 e. The van der Waals surface area contributed by atoms with Crippen LogP contribution in [0.4, 0.5) is 0 Å². The highest BCUT2D eigenvalue weighted by molar-refractivity contribution is 14.1. The predicted octanol–water partition coefficient (Wildman–Crippen LogP) is 1.39. The minimum absolute atomic E-state index is 0.0715. The van der Waals surface area contributed by atoms with Crippen molar-refractivity contribution in [2.45, 2.75) is 13.0 Å². The molecule has 1 aromatic carbocycles. The van der Waals surface area contributed by atoms with E-state index in [-0.39, 0.29) is 11.3 Å². The first-order valence-electron chi connectivity index (χ1n) is 3.91. The number of aryl methyl sites for hydroxylation is 1. The molecule has 0 aromatic heterocycles. The van der Waals surface area contributed by atoms with Gasteiger partial charge >= 0.3 is 5.97 Å². The Morgan fingerprint density at radius 2 is 2.14 bits per heavy atom. The van der Waals surface area contributed by atoms with Crippen molar-refractivity contribution in [3.8, 4) is 5.75 Å². The SMILES string of the molecule is Cc1cc(O)c([C@H](N)C(=O)O)cc1I. The molecule has 0 aliphatic carbocycles. The summed E-state index contributed by atoms with van der Waals surface area (Å²) in [7, 11) is 0. The molecular formula is C9H10INO3. The molecule has 76 valence electrons. The summed E-state index contributed by atoms with van der Waals surface area (Å²) in [6, 6.07) is 1.92. The molecule has 0 unspecified atom stereocenters. The van der Waals surface area contributed by atoms with Crippen LogP contribution >= 0.6 is 22.6 Å². The number of aromatic hydroxyl groups is 1. The maximum Gasteiger partial charge on any atom is 0.325 e. The van der Waals surface area contributed by atoms with Gasteiger partial charge in [-0.3, -0.25) is 4.79 Å².